The van der Waals surface area contributed by atoms with Crippen LogP contribution < -0.4 is 0 Å². The first-order valence-electron chi connectivity index (χ1n) is 4.21. The third-order valence-electron chi connectivity index (χ3n) is 2.62. The molecule has 2 unspecified atom stereocenters. The highest BCUT2D eigenvalue weighted by Gasteiger charge is 2.57. The van der Waals surface area contributed by atoms with Crippen LogP contribution in [0.1, 0.15) is 23.7 Å². The van der Waals surface area contributed by atoms with E-state index in [1.807, 2.05) is 0 Å². The lowest BCUT2D eigenvalue weighted by molar-refractivity contribution is 0.0893. The van der Waals surface area contributed by atoms with Crippen molar-refractivity contribution in [3.63, 3.8) is 0 Å². The van der Waals surface area contributed by atoms with E-state index in [0.717, 1.165) is 0 Å². The molecule has 0 bridgehead atoms. The molecule has 0 saturated heterocycles. The predicted octanol–water partition coefficient (Wildman–Crippen LogP) is 1.35. The first-order valence-corrected chi connectivity index (χ1v) is 4.21. The van der Waals surface area contributed by atoms with Crippen LogP contribution in [0.2, 0.25) is 0 Å². The minimum Gasteiger partial charge on any atom is -0.293 e. The van der Waals surface area contributed by atoms with Crippen molar-refractivity contribution in [3.05, 3.63) is 18.0 Å². The Hall–Kier alpha value is -1.19. The second-order valence-electron chi connectivity index (χ2n) is 3.82. The standard InChI is InChI=1S/C9H11FN2O/c1-9(3-7(9)10)8(13)6-4-11-12(2)5-6/h4-5,7H,3H2,1-2H3. The van der Waals surface area contributed by atoms with Gasteiger partial charge in [0.2, 0.25) is 0 Å². The number of alkyl halides is 1. The van der Waals surface area contributed by atoms with E-state index in [1.54, 1.807) is 24.9 Å². The van der Waals surface area contributed by atoms with Crippen molar-refractivity contribution in [2.24, 2.45) is 12.5 Å². The van der Waals surface area contributed by atoms with E-state index in [2.05, 4.69) is 5.10 Å². The number of aromatic nitrogens is 2. The molecule has 1 aliphatic rings. The van der Waals surface area contributed by atoms with Crippen LogP contribution in [-0.2, 0) is 7.05 Å². The van der Waals surface area contributed by atoms with E-state index in [0.29, 0.717) is 12.0 Å². The summed E-state index contributed by atoms with van der Waals surface area (Å²) < 4.78 is 14.4. The molecule has 0 aliphatic heterocycles. The normalized spacial score (nSPS) is 31.8. The Morgan fingerprint density at radius 2 is 2.46 bits per heavy atom. The highest BCUT2D eigenvalue weighted by Crippen LogP contribution is 2.50. The number of halogens is 1. The SMILES string of the molecule is Cn1cc(C(=O)C2(C)CC2F)cn1. The largest absolute Gasteiger partial charge is 0.293 e. The summed E-state index contributed by atoms with van der Waals surface area (Å²) in [7, 11) is 1.74. The molecule has 0 spiro atoms. The van der Waals surface area contributed by atoms with Gasteiger partial charge in [-0.25, -0.2) is 4.39 Å². The number of hydrogen-bond donors (Lipinski definition) is 0. The molecule has 1 saturated carbocycles. The van der Waals surface area contributed by atoms with Crippen molar-refractivity contribution in [3.8, 4) is 0 Å². The van der Waals surface area contributed by atoms with Gasteiger partial charge in [-0.15, -0.1) is 0 Å². The number of carbonyl (C=O) groups excluding carboxylic acids is 1. The van der Waals surface area contributed by atoms with Crippen LogP contribution in [0.4, 0.5) is 4.39 Å². The Morgan fingerprint density at radius 3 is 2.85 bits per heavy atom. The second kappa shape index (κ2) is 2.40. The molecule has 3 nitrogen and oxygen atoms in total. The third-order valence-corrected chi connectivity index (χ3v) is 2.62. The number of rotatable bonds is 2. The Morgan fingerprint density at radius 1 is 1.85 bits per heavy atom. The maximum Gasteiger partial charge on any atom is 0.174 e. The number of hydrogen-bond acceptors (Lipinski definition) is 2. The van der Waals surface area contributed by atoms with Crippen LogP contribution in [0, 0.1) is 5.41 Å². The summed E-state index contributed by atoms with van der Waals surface area (Å²) in [6.07, 6.45) is 2.48. The van der Waals surface area contributed by atoms with Crippen LogP contribution in [0.5, 0.6) is 0 Å². The minimum absolute atomic E-state index is 0.131. The third kappa shape index (κ3) is 1.17. The molecule has 1 aliphatic carbocycles. The summed E-state index contributed by atoms with van der Waals surface area (Å²) in [5.41, 5.74) is -0.270. The van der Waals surface area contributed by atoms with Crippen molar-refractivity contribution in [2.45, 2.75) is 19.5 Å². The zero-order valence-electron chi connectivity index (χ0n) is 7.62. The molecule has 4 heteroatoms. The van der Waals surface area contributed by atoms with Crippen molar-refractivity contribution in [1.82, 2.24) is 9.78 Å². The van der Waals surface area contributed by atoms with Crippen molar-refractivity contribution >= 4 is 5.78 Å². The molecular weight excluding hydrogens is 171 g/mol. The van der Waals surface area contributed by atoms with E-state index < -0.39 is 11.6 Å². The van der Waals surface area contributed by atoms with E-state index in [-0.39, 0.29) is 5.78 Å². The fraction of sp³-hybridized carbons (Fsp3) is 0.556. The first-order chi connectivity index (χ1) is 6.04. The van der Waals surface area contributed by atoms with Gasteiger partial charge in [-0.2, -0.15) is 5.10 Å². The predicted molar refractivity (Wildman–Crippen MR) is 45.2 cm³/mol. The van der Waals surface area contributed by atoms with Gasteiger partial charge in [0.15, 0.2) is 5.78 Å². The van der Waals surface area contributed by atoms with Crippen LogP contribution in [0.15, 0.2) is 12.4 Å². The fourth-order valence-electron chi connectivity index (χ4n) is 1.42. The zero-order chi connectivity index (χ0) is 9.64. The maximum atomic E-state index is 12.9. The molecule has 13 heavy (non-hydrogen) atoms. The molecule has 1 aromatic rings. The van der Waals surface area contributed by atoms with Crippen LogP contribution in [0.25, 0.3) is 0 Å². The smallest absolute Gasteiger partial charge is 0.174 e. The Kier molecular flexibility index (Phi) is 1.55. The molecule has 2 rings (SSSR count). The first kappa shape index (κ1) is 8.41. The molecule has 0 aromatic carbocycles. The van der Waals surface area contributed by atoms with Gasteiger partial charge in [0, 0.05) is 13.2 Å². The average Bonchev–Trinajstić information content (AvgIpc) is 2.51. The van der Waals surface area contributed by atoms with Crippen LogP contribution >= 0.6 is 0 Å². The number of aryl methyl sites for hydroxylation is 1. The number of carbonyl (C=O) groups is 1. The summed E-state index contributed by atoms with van der Waals surface area (Å²) >= 11 is 0. The highest BCUT2D eigenvalue weighted by atomic mass is 19.1. The molecule has 70 valence electrons. The van der Waals surface area contributed by atoms with Crippen molar-refractivity contribution in [2.75, 3.05) is 0 Å². The quantitative estimate of drug-likeness (QED) is 0.647. The summed E-state index contributed by atoms with van der Waals surface area (Å²) in [5, 5.41) is 3.88. The van der Waals surface area contributed by atoms with Crippen molar-refractivity contribution in [1.29, 1.82) is 0 Å². The van der Waals surface area contributed by atoms with E-state index in [9.17, 15) is 9.18 Å². The Bertz CT molecular complexity index is 360. The molecule has 1 fully saturated rings. The summed E-state index contributed by atoms with van der Waals surface area (Å²) in [4.78, 5) is 11.7. The summed E-state index contributed by atoms with van der Waals surface area (Å²) in [5.74, 6) is -0.131. The lowest BCUT2D eigenvalue weighted by Gasteiger charge is -2.03. The Labute approximate surface area is 75.5 Å². The number of Topliss-reactive ketones (excluding diaryl/α,β-unsaturated/α-hetero) is 1. The monoisotopic (exact) mass is 182 g/mol. The zero-order valence-corrected chi connectivity index (χ0v) is 7.62. The molecule has 1 heterocycles. The fourth-order valence-corrected chi connectivity index (χ4v) is 1.42. The van der Waals surface area contributed by atoms with Gasteiger partial charge in [0.05, 0.1) is 17.2 Å². The van der Waals surface area contributed by atoms with E-state index >= 15 is 0 Å². The van der Waals surface area contributed by atoms with Gasteiger partial charge in [-0.1, -0.05) is 0 Å². The molecular formula is C9H11FN2O. The Balaban J connectivity index is 2.24. The molecule has 0 N–H and O–H groups in total. The molecule has 1 aromatic heterocycles. The topological polar surface area (TPSA) is 34.9 Å². The van der Waals surface area contributed by atoms with Gasteiger partial charge >= 0.3 is 0 Å². The lowest BCUT2D eigenvalue weighted by atomic mass is 9.99. The van der Waals surface area contributed by atoms with Gasteiger partial charge in [-0.3, -0.25) is 9.48 Å². The van der Waals surface area contributed by atoms with E-state index in [4.69, 9.17) is 0 Å². The average molecular weight is 182 g/mol. The van der Waals surface area contributed by atoms with Crippen molar-refractivity contribution < 1.29 is 9.18 Å². The number of ketones is 1. The minimum atomic E-state index is -0.972. The van der Waals surface area contributed by atoms with Gasteiger partial charge < -0.3 is 0 Å². The van der Waals surface area contributed by atoms with Gasteiger partial charge in [0.1, 0.15) is 6.17 Å². The molecule has 0 radical (unpaired) electrons. The summed E-state index contributed by atoms with van der Waals surface area (Å²) in [6.45, 7) is 1.66. The van der Waals surface area contributed by atoms with Gasteiger partial charge in [-0.05, 0) is 13.3 Å². The highest BCUT2D eigenvalue weighted by molar-refractivity contribution is 6.02. The molecule has 2 atom stereocenters. The maximum absolute atomic E-state index is 12.9. The van der Waals surface area contributed by atoms with Crippen LogP contribution in [-0.4, -0.2) is 21.7 Å². The second-order valence-corrected chi connectivity index (χ2v) is 3.82. The lowest BCUT2D eigenvalue weighted by Crippen LogP contribution is -2.14. The number of nitrogens with zero attached hydrogens (tertiary/aromatic N) is 2. The van der Waals surface area contributed by atoms with Crippen LogP contribution in [0.3, 0.4) is 0 Å². The van der Waals surface area contributed by atoms with E-state index in [1.165, 1.54) is 6.20 Å². The molecule has 0 amide bonds. The summed E-state index contributed by atoms with van der Waals surface area (Å²) in [6, 6.07) is 0. The van der Waals surface area contributed by atoms with Gasteiger partial charge in [0.25, 0.3) is 0 Å².